The molecule has 0 spiro atoms. The predicted molar refractivity (Wildman–Crippen MR) is 124 cm³/mol. The van der Waals surface area contributed by atoms with Gasteiger partial charge in [-0.25, -0.2) is 0 Å². The van der Waals surface area contributed by atoms with Gasteiger partial charge in [0.1, 0.15) is 0 Å². The van der Waals surface area contributed by atoms with Gasteiger partial charge >= 0.3 is 0 Å². The zero-order valence-electron chi connectivity index (χ0n) is 17.5. The summed E-state index contributed by atoms with van der Waals surface area (Å²) in [6.45, 7) is 2.78. The Kier molecular flexibility index (Phi) is 8.29. The van der Waals surface area contributed by atoms with Crippen molar-refractivity contribution in [2.24, 2.45) is 4.99 Å². The maximum Gasteiger partial charge on any atom is 0.191 e. The Morgan fingerprint density at radius 3 is 2.24 bits per heavy atom. The van der Waals surface area contributed by atoms with Crippen LogP contribution in [0.15, 0.2) is 65.7 Å². The molecule has 0 aliphatic heterocycles. The van der Waals surface area contributed by atoms with Gasteiger partial charge in [-0.05, 0) is 30.4 Å². The monoisotopic (exact) mass is 411 g/mol. The summed E-state index contributed by atoms with van der Waals surface area (Å²) in [7, 11) is 1.11. The van der Waals surface area contributed by atoms with Crippen LogP contribution in [-0.4, -0.2) is 40.8 Å². The third-order valence-corrected chi connectivity index (χ3v) is 7.47. The largest absolute Gasteiger partial charge is 0.355 e. The van der Waals surface area contributed by atoms with Crippen molar-refractivity contribution in [1.82, 2.24) is 10.6 Å². The van der Waals surface area contributed by atoms with Gasteiger partial charge in [-0.3, -0.25) is 9.20 Å². The van der Waals surface area contributed by atoms with Crippen LogP contribution in [0, 0.1) is 0 Å². The normalized spacial score (nSPS) is 21.0. The van der Waals surface area contributed by atoms with Crippen molar-refractivity contribution >= 4 is 16.8 Å². The minimum absolute atomic E-state index is 0.252. The molecule has 2 N–H and O–H groups in total. The molecule has 2 aromatic rings. The molecule has 4 nitrogen and oxygen atoms in total. The van der Waals surface area contributed by atoms with E-state index in [0.717, 1.165) is 43.9 Å². The summed E-state index contributed by atoms with van der Waals surface area (Å²) >= 11 is 0. The standard InChI is InChI=1S/C24H33N3OS/c1-3-29(28)22-16-10-15-21(17-22)27-24(25-2)26-18-23(19-11-6-4-7-12-19)20-13-8-5-9-14-20/h4-9,11-14,21-23H,3,10,15-18H2,1-2H3,(H2,25,26,27). The lowest BCUT2D eigenvalue weighted by Crippen LogP contribution is -2.47. The molecular weight excluding hydrogens is 378 g/mol. The van der Waals surface area contributed by atoms with Crippen LogP contribution < -0.4 is 10.6 Å². The number of rotatable bonds is 7. The molecule has 1 aliphatic carbocycles. The lowest BCUT2D eigenvalue weighted by Gasteiger charge is -2.30. The summed E-state index contributed by atoms with van der Waals surface area (Å²) < 4.78 is 12.2. The van der Waals surface area contributed by atoms with E-state index in [1.54, 1.807) is 0 Å². The molecule has 156 valence electrons. The van der Waals surface area contributed by atoms with Gasteiger partial charge in [0.25, 0.3) is 0 Å². The van der Waals surface area contributed by atoms with E-state index in [1.165, 1.54) is 11.1 Å². The quantitative estimate of drug-likeness (QED) is 0.534. The Balaban J connectivity index is 1.64. The minimum Gasteiger partial charge on any atom is -0.355 e. The Labute approximate surface area is 177 Å². The molecule has 3 atom stereocenters. The van der Waals surface area contributed by atoms with E-state index < -0.39 is 10.8 Å². The molecule has 3 unspecified atom stereocenters. The summed E-state index contributed by atoms with van der Waals surface area (Å²) in [5, 5.41) is 7.42. The fourth-order valence-electron chi connectivity index (χ4n) is 4.14. The van der Waals surface area contributed by atoms with E-state index >= 15 is 0 Å². The molecule has 1 saturated carbocycles. The maximum absolute atomic E-state index is 12.2. The number of aliphatic imine (C=N–C) groups is 1. The topological polar surface area (TPSA) is 53.5 Å². The van der Waals surface area contributed by atoms with Crippen LogP contribution in [0.2, 0.25) is 0 Å². The maximum atomic E-state index is 12.2. The molecule has 0 bridgehead atoms. The first-order valence-corrected chi connectivity index (χ1v) is 12.0. The Hall–Kier alpha value is -2.14. The molecule has 29 heavy (non-hydrogen) atoms. The van der Waals surface area contributed by atoms with Crippen molar-refractivity contribution in [3.05, 3.63) is 71.8 Å². The SMILES string of the molecule is CCS(=O)C1CCCC(NC(=NC)NCC(c2ccccc2)c2ccccc2)C1. The van der Waals surface area contributed by atoms with E-state index in [0.29, 0.717) is 11.3 Å². The molecule has 2 aromatic carbocycles. The lowest BCUT2D eigenvalue weighted by molar-refractivity contribution is 0.413. The Morgan fingerprint density at radius 2 is 1.69 bits per heavy atom. The van der Waals surface area contributed by atoms with E-state index in [9.17, 15) is 4.21 Å². The lowest BCUT2D eigenvalue weighted by atomic mass is 9.91. The fraction of sp³-hybridized carbons (Fsp3) is 0.458. The van der Waals surface area contributed by atoms with Gasteiger partial charge in [-0.1, -0.05) is 74.0 Å². The van der Waals surface area contributed by atoms with E-state index in [2.05, 4.69) is 76.3 Å². The summed E-state index contributed by atoms with van der Waals surface area (Å²) in [5.41, 5.74) is 2.58. The molecule has 0 heterocycles. The zero-order valence-corrected chi connectivity index (χ0v) is 18.3. The van der Waals surface area contributed by atoms with Crippen LogP contribution in [0.3, 0.4) is 0 Å². The molecule has 5 heteroatoms. The van der Waals surface area contributed by atoms with Crippen molar-refractivity contribution in [2.45, 2.75) is 49.8 Å². The molecule has 3 rings (SSSR count). The summed E-state index contributed by atoms with van der Waals surface area (Å²) in [5.74, 6) is 1.83. The number of benzene rings is 2. The van der Waals surface area contributed by atoms with Crippen LogP contribution in [-0.2, 0) is 10.8 Å². The molecular formula is C24H33N3OS. The van der Waals surface area contributed by atoms with E-state index in [4.69, 9.17) is 0 Å². The molecule has 1 fully saturated rings. The van der Waals surface area contributed by atoms with Gasteiger partial charge in [0, 0.05) is 47.4 Å². The first-order valence-electron chi connectivity index (χ1n) is 10.7. The second-order valence-electron chi connectivity index (χ2n) is 7.63. The number of nitrogens with zero attached hydrogens (tertiary/aromatic N) is 1. The number of nitrogens with one attached hydrogen (secondary N) is 2. The second-order valence-corrected chi connectivity index (χ2v) is 9.63. The van der Waals surface area contributed by atoms with Crippen molar-refractivity contribution in [1.29, 1.82) is 0 Å². The van der Waals surface area contributed by atoms with Gasteiger partial charge in [0.2, 0.25) is 0 Å². The molecule has 0 aromatic heterocycles. The molecule has 0 amide bonds. The number of guanidine groups is 1. The summed E-state index contributed by atoms with van der Waals surface area (Å²) in [4.78, 5) is 4.45. The second kappa shape index (κ2) is 11.1. The number of hydrogen-bond acceptors (Lipinski definition) is 2. The first-order chi connectivity index (χ1) is 14.2. The van der Waals surface area contributed by atoms with Crippen LogP contribution in [0.4, 0.5) is 0 Å². The van der Waals surface area contributed by atoms with Crippen LogP contribution in [0.1, 0.15) is 49.7 Å². The van der Waals surface area contributed by atoms with Gasteiger partial charge in [-0.2, -0.15) is 0 Å². The van der Waals surface area contributed by atoms with Gasteiger partial charge in [0.05, 0.1) is 0 Å². The fourth-order valence-corrected chi connectivity index (χ4v) is 5.48. The van der Waals surface area contributed by atoms with Crippen molar-refractivity contribution in [3.63, 3.8) is 0 Å². The molecule has 0 radical (unpaired) electrons. The van der Waals surface area contributed by atoms with Crippen LogP contribution in [0.5, 0.6) is 0 Å². The Bertz CT molecular complexity index is 755. The summed E-state index contributed by atoms with van der Waals surface area (Å²) in [6.07, 6.45) is 4.28. The molecule has 1 aliphatic rings. The highest BCUT2D eigenvalue weighted by molar-refractivity contribution is 7.85. The van der Waals surface area contributed by atoms with Gasteiger partial charge < -0.3 is 10.6 Å². The first kappa shape index (κ1) is 21.6. The minimum atomic E-state index is -0.712. The molecule has 0 saturated heterocycles. The van der Waals surface area contributed by atoms with Gasteiger partial charge in [0.15, 0.2) is 5.96 Å². The third-order valence-electron chi connectivity index (χ3n) is 5.72. The van der Waals surface area contributed by atoms with Crippen LogP contribution in [0.25, 0.3) is 0 Å². The van der Waals surface area contributed by atoms with E-state index in [-0.39, 0.29) is 5.92 Å². The number of hydrogen-bond donors (Lipinski definition) is 2. The highest BCUT2D eigenvalue weighted by Crippen LogP contribution is 2.24. The van der Waals surface area contributed by atoms with Crippen LogP contribution >= 0.6 is 0 Å². The zero-order chi connectivity index (χ0) is 20.5. The average Bonchev–Trinajstić information content (AvgIpc) is 2.79. The van der Waals surface area contributed by atoms with E-state index in [1.807, 2.05) is 14.0 Å². The summed E-state index contributed by atoms with van der Waals surface area (Å²) in [6, 6.07) is 21.5. The van der Waals surface area contributed by atoms with Crippen molar-refractivity contribution in [2.75, 3.05) is 19.3 Å². The van der Waals surface area contributed by atoms with Crippen molar-refractivity contribution < 1.29 is 4.21 Å². The highest BCUT2D eigenvalue weighted by atomic mass is 32.2. The smallest absolute Gasteiger partial charge is 0.191 e. The third kappa shape index (κ3) is 6.17. The van der Waals surface area contributed by atoms with Crippen molar-refractivity contribution in [3.8, 4) is 0 Å². The highest BCUT2D eigenvalue weighted by Gasteiger charge is 2.26. The average molecular weight is 412 g/mol. The van der Waals surface area contributed by atoms with Gasteiger partial charge in [-0.15, -0.1) is 0 Å². The Morgan fingerprint density at radius 1 is 1.07 bits per heavy atom. The predicted octanol–water partition coefficient (Wildman–Crippen LogP) is 4.06.